The predicted molar refractivity (Wildman–Crippen MR) is 123 cm³/mol. The van der Waals surface area contributed by atoms with Crippen molar-refractivity contribution in [3.8, 4) is 16.9 Å². The first-order valence-corrected chi connectivity index (χ1v) is 10.5. The van der Waals surface area contributed by atoms with Gasteiger partial charge in [-0.2, -0.15) is 14.9 Å². The lowest BCUT2D eigenvalue weighted by molar-refractivity contribution is 0.818. The largest absolute Gasteiger partial charge is 0.282 e. The van der Waals surface area contributed by atoms with Crippen molar-refractivity contribution in [3.05, 3.63) is 93.7 Å². The van der Waals surface area contributed by atoms with Crippen LogP contribution in [0.1, 0.15) is 16.0 Å². The number of aromatic nitrogens is 5. The van der Waals surface area contributed by atoms with E-state index >= 15 is 0 Å². The minimum Gasteiger partial charge on any atom is -0.267 e. The molecule has 0 N–H and O–H groups in total. The van der Waals surface area contributed by atoms with Crippen LogP contribution in [0.25, 0.3) is 27.2 Å². The Hall–Kier alpha value is -3.91. The van der Waals surface area contributed by atoms with Gasteiger partial charge in [-0.15, -0.1) is 11.3 Å². The molecule has 5 aromatic rings. The van der Waals surface area contributed by atoms with Gasteiger partial charge in [-0.25, -0.2) is 9.67 Å². The van der Waals surface area contributed by atoms with Crippen molar-refractivity contribution in [1.82, 2.24) is 24.4 Å². The summed E-state index contributed by atoms with van der Waals surface area (Å²) < 4.78 is 3.06. The lowest BCUT2D eigenvalue weighted by Crippen LogP contribution is -2.17. The normalized spacial score (nSPS) is 11.5. The molecule has 0 radical (unpaired) electrons. The van der Waals surface area contributed by atoms with Crippen LogP contribution >= 0.6 is 11.3 Å². The number of para-hydroxylation sites is 1. The summed E-state index contributed by atoms with van der Waals surface area (Å²) >= 11 is 1.52. The quantitative estimate of drug-likeness (QED) is 0.404. The monoisotopic (exact) mass is 426 g/mol. The van der Waals surface area contributed by atoms with Gasteiger partial charge in [-0.3, -0.25) is 9.78 Å². The molecule has 4 heterocycles. The maximum atomic E-state index is 13.0. The molecule has 0 saturated heterocycles. The topological polar surface area (TPSA) is 78.0 Å². The SMILES string of the molecule is Cc1sc2ncn(/N=C/c3cn(-c4ccccc4)nc3-c3cccnc3)c(=O)c2c1C. The van der Waals surface area contributed by atoms with Crippen LogP contribution in [0.5, 0.6) is 0 Å². The van der Waals surface area contributed by atoms with Gasteiger partial charge in [0.25, 0.3) is 5.56 Å². The molecule has 0 aliphatic carbocycles. The molecule has 0 saturated carbocycles. The smallest absolute Gasteiger partial charge is 0.267 e. The fraction of sp³-hybridized carbons (Fsp3) is 0.0870. The molecular weight excluding hydrogens is 408 g/mol. The average molecular weight is 427 g/mol. The van der Waals surface area contributed by atoms with Gasteiger partial charge < -0.3 is 0 Å². The van der Waals surface area contributed by atoms with Crippen molar-refractivity contribution in [2.24, 2.45) is 5.10 Å². The number of thiophene rings is 1. The molecule has 1 aromatic carbocycles. The van der Waals surface area contributed by atoms with E-state index in [1.165, 1.54) is 22.3 Å². The van der Waals surface area contributed by atoms with Crippen LogP contribution in [-0.2, 0) is 0 Å². The highest BCUT2D eigenvalue weighted by atomic mass is 32.1. The van der Waals surface area contributed by atoms with Crippen molar-refractivity contribution in [1.29, 1.82) is 0 Å². The van der Waals surface area contributed by atoms with E-state index < -0.39 is 0 Å². The van der Waals surface area contributed by atoms with E-state index in [0.717, 1.165) is 37.8 Å². The van der Waals surface area contributed by atoms with Crippen molar-refractivity contribution >= 4 is 27.8 Å². The second kappa shape index (κ2) is 7.73. The number of rotatable bonds is 4. The highest BCUT2D eigenvalue weighted by Crippen LogP contribution is 2.25. The Bertz CT molecular complexity index is 1470. The third kappa shape index (κ3) is 3.47. The van der Waals surface area contributed by atoms with Crippen molar-refractivity contribution in [3.63, 3.8) is 0 Å². The molecule has 0 unspecified atom stereocenters. The number of hydrogen-bond acceptors (Lipinski definition) is 6. The first-order chi connectivity index (χ1) is 15.1. The van der Waals surface area contributed by atoms with E-state index in [2.05, 4.69) is 15.1 Å². The van der Waals surface area contributed by atoms with E-state index in [1.54, 1.807) is 23.3 Å². The number of benzene rings is 1. The van der Waals surface area contributed by atoms with Crippen LogP contribution in [0.4, 0.5) is 0 Å². The molecule has 0 aliphatic heterocycles. The number of hydrogen-bond donors (Lipinski definition) is 0. The second-order valence-corrected chi connectivity index (χ2v) is 8.26. The van der Waals surface area contributed by atoms with Gasteiger partial charge in [-0.05, 0) is 43.7 Å². The maximum absolute atomic E-state index is 13.0. The van der Waals surface area contributed by atoms with Crippen molar-refractivity contribution in [2.45, 2.75) is 13.8 Å². The lowest BCUT2D eigenvalue weighted by atomic mass is 10.1. The molecule has 0 fully saturated rings. The molecule has 0 atom stereocenters. The third-order valence-corrected chi connectivity index (χ3v) is 6.21. The molecule has 0 amide bonds. The van der Waals surface area contributed by atoms with Gasteiger partial charge in [-0.1, -0.05) is 18.2 Å². The summed E-state index contributed by atoms with van der Waals surface area (Å²) in [5, 5.41) is 9.77. The molecule has 0 aliphatic rings. The molecule has 5 rings (SSSR count). The summed E-state index contributed by atoms with van der Waals surface area (Å²) in [5.41, 5.74) is 4.06. The fourth-order valence-corrected chi connectivity index (χ4v) is 4.34. The highest BCUT2D eigenvalue weighted by molar-refractivity contribution is 7.18. The molecule has 7 nitrogen and oxygen atoms in total. The summed E-state index contributed by atoms with van der Waals surface area (Å²) in [6.45, 7) is 3.93. The summed E-state index contributed by atoms with van der Waals surface area (Å²) in [5.74, 6) is 0. The Labute approximate surface area is 182 Å². The molecule has 4 aromatic heterocycles. The van der Waals surface area contributed by atoms with Gasteiger partial charge in [0.05, 0.1) is 17.3 Å². The van der Waals surface area contributed by atoms with Gasteiger partial charge >= 0.3 is 0 Å². The van der Waals surface area contributed by atoms with Crippen LogP contribution in [0.3, 0.4) is 0 Å². The van der Waals surface area contributed by atoms with E-state index in [4.69, 9.17) is 5.10 Å². The maximum Gasteiger partial charge on any atom is 0.282 e. The highest BCUT2D eigenvalue weighted by Gasteiger charge is 2.13. The number of nitrogens with zero attached hydrogens (tertiary/aromatic N) is 6. The van der Waals surface area contributed by atoms with Gasteiger partial charge in [0.2, 0.25) is 0 Å². The van der Waals surface area contributed by atoms with Gasteiger partial charge in [0.15, 0.2) is 0 Å². The Morgan fingerprint density at radius 3 is 2.71 bits per heavy atom. The first kappa shape index (κ1) is 19.1. The van der Waals surface area contributed by atoms with Crippen LogP contribution in [0.2, 0.25) is 0 Å². The third-order valence-electron chi connectivity index (χ3n) is 5.09. The Kier molecular flexibility index (Phi) is 4.76. The average Bonchev–Trinajstić information content (AvgIpc) is 3.36. The van der Waals surface area contributed by atoms with Crippen LogP contribution in [-0.4, -0.2) is 30.6 Å². The molecule has 31 heavy (non-hydrogen) atoms. The van der Waals surface area contributed by atoms with E-state index in [9.17, 15) is 4.79 Å². The Morgan fingerprint density at radius 2 is 1.94 bits per heavy atom. The summed E-state index contributed by atoms with van der Waals surface area (Å²) in [6, 6.07) is 13.6. The Balaban J connectivity index is 1.62. The number of fused-ring (bicyclic) bond motifs is 1. The summed E-state index contributed by atoms with van der Waals surface area (Å²) in [7, 11) is 0. The fourth-order valence-electron chi connectivity index (χ4n) is 3.35. The number of aryl methyl sites for hydroxylation is 2. The zero-order chi connectivity index (χ0) is 21.4. The van der Waals surface area contributed by atoms with Crippen LogP contribution < -0.4 is 5.56 Å². The van der Waals surface area contributed by atoms with Crippen LogP contribution in [0, 0.1) is 13.8 Å². The van der Waals surface area contributed by atoms with E-state index in [1.807, 2.05) is 62.5 Å². The molecule has 0 spiro atoms. The summed E-state index contributed by atoms with van der Waals surface area (Å²) in [4.78, 5) is 23.4. The minimum atomic E-state index is -0.179. The van der Waals surface area contributed by atoms with Crippen molar-refractivity contribution in [2.75, 3.05) is 0 Å². The van der Waals surface area contributed by atoms with E-state index in [-0.39, 0.29) is 5.56 Å². The molecule has 152 valence electrons. The standard InChI is InChI=1S/C23H18N6OS/c1-15-16(2)31-22-20(15)23(30)29(14-25-22)26-12-18-13-28(19-8-4-3-5-9-19)27-21(18)17-7-6-10-24-11-17/h3-14H,1-2H3/b26-12+. The number of pyridine rings is 1. The second-order valence-electron chi connectivity index (χ2n) is 7.06. The molecule has 8 heteroatoms. The van der Waals surface area contributed by atoms with Crippen molar-refractivity contribution < 1.29 is 0 Å². The Morgan fingerprint density at radius 1 is 1.10 bits per heavy atom. The summed E-state index contributed by atoms with van der Waals surface area (Å²) in [6.07, 6.45) is 8.46. The predicted octanol–water partition coefficient (Wildman–Crippen LogP) is 4.20. The lowest BCUT2D eigenvalue weighted by Gasteiger charge is -2.00. The molecule has 0 bridgehead atoms. The van der Waals surface area contributed by atoms with Crippen LogP contribution in [0.15, 0.2) is 77.3 Å². The van der Waals surface area contributed by atoms with E-state index in [0.29, 0.717) is 5.39 Å². The molecular formula is C23H18N6OS. The minimum absolute atomic E-state index is 0.179. The zero-order valence-electron chi connectivity index (χ0n) is 16.9. The van der Waals surface area contributed by atoms with Gasteiger partial charge in [0.1, 0.15) is 16.9 Å². The van der Waals surface area contributed by atoms with Gasteiger partial charge in [0, 0.05) is 34.6 Å². The first-order valence-electron chi connectivity index (χ1n) is 9.69. The zero-order valence-corrected chi connectivity index (χ0v) is 17.7.